The van der Waals surface area contributed by atoms with Crippen LogP contribution in [0.3, 0.4) is 0 Å². The Morgan fingerprint density at radius 1 is 1.22 bits per heavy atom. The Bertz CT molecular complexity index is 414. The van der Waals surface area contributed by atoms with Gasteiger partial charge in [0.1, 0.15) is 5.82 Å². The van der Waals surface area contributed by atoms with Crippen LogP contribution >= 0.6 is 0 Å². The summed E-state index contributed by atoms with van der Waals surface area (Å²) in [6.07, 6.45) is 5.34. The lowest BCUT2D eigenvalue weighted by molar-refractivity contribution is 0.116. The van der Waals surface area contributed by atoms with Crippen LogP contribution in [0.25, 0.3) is 0 Å². The Morgan fingerprint density at radius 3 is 2.67 bits per heavy atom. The van der Waals surface area contributed by atoms with Crippen LogP contribution in [-0.2, 0) is 0 Å². The first-order valence-corrected chi connectivity index (χ1v) is 7.18. The molecule has 0 amide bonds. The minimum atomic E-state index is -0.129. The molecule has 0 radical (unpaired) electrons. The number of rotatable bonds is 1. The maximum absolute atomic E-state index is 13.1. The van der Waals surface area contributed by atoms with E-state index >= 15 is 0 Å². The Morgan fingerprint density at radius 2 is 2.00 bits per heavy atom. The highest BCUT2D eigenvalue weighted by molar-refractivity contribution is 5.25. The van der Waals surface area contributed by atoms with Crippen LogP contribution in [0.5, 0.6) is 0 Å². The smallest absolute Gasteiger partial charge is 0.123 e. The van der Waals surface area contributed by atoms with E-state index < -0.39 is 0 Å². The summed E-state index contributed by atoms with van der Waals surface area (Å²) in [7, 11) is 0. The van der Waals surface area contributed by atoms with Crippen molar-refractivity contribution in [3.05, 3.63) is 35.6 Å². The lowest BCUT2D eigenvalue weighted by atomic mass is 9.63. The van der Waals surface area contributed by atoms with Gasteiger partial charge in [0, 0.05) is 12.5 Å². The third-order valence-electron chi connectivity index (χ3n) is 5.34. The molecule has 1 saturated heterocycles. The fourth-order valence-corrected chi connectivity index (χ4v) is 4.25. The summed E-state index contributed by atoms with van der Waals surface area (Å²) in [4.78, 5) is 0. The predicted molar refractivity (Wildman–Crippen MR) is 72.1 cm³/mol. The van der Waals surface area contributed by atoms with Gasteiger partial charge < -0.3 is 5.32 Å². The van der Waals surface area contributed by atoms with Crippen molar-refractivity contribution in [3.63, 3.8) is 0 Å². The van der Waals surface area contributed by atoms with E-state index in [1.165, 1.54) is 31.2 Å². The second-order valence-electron chi connectivity index (χ2n) is 6.08. The molecule has 0 aromatic heterocycles. The molecule has 3 atom stereocenters. The predicted octanol–water partition coefficient (Wildman–Crippen LogP) is 3.71. The molecule has 1 N–H and O–H groups in total. The van der Waals surface area contributed by atoms with Gasteiger partial charge in [-0.05, 0) is 48.4 Å². The Labute approximate surface area is 109 Å². The minimum Gasteiger partial charge on any atom is -0.316 e. The molecule has 3 rings (SSSR count). The van der Waals surface area contributed by atoms with Crippen LogP contribution in [0.15, 0.2) is 24.3 Å². The minimum absolute atomic E-state index is 0.129. The second-order valence-corrected chi connectivity index (χ2v) is 6.08. The van der Waals surface area contributed by atoms with Crippen molar-refractivity contribution in [1.29, 1.82) is 0 Å². The largest absolute Gasteiger partial charge is 0.316 e. The van der Waals surface area contributed by atoms with Gasteiger partial charge in [0.15, 0.2) is 0 Å². The van der Waals surface area contributed by atoms with Crippen molar-refractivity contribution in [2.45, 2.75) is 38.5 Å². The van der Waals surface area contributed by atoms with Gasteiger partial charge in [0.25, 0.3) is 0 Å². The molecular formula is C16H22FN. The van der Waals surface area contributed by atoms with Gasteiger partial charge in [-0.3, -0.25) is 0 Å². The highest BCUT2D eigenvalue weighted by Gasteiger charge is 2.47. The number of hydrogen-bond donors (Lipinski definition) is 1. The molecule has 1 saturated carbocycles. The number of benzene rings is 1. The normalized spacial score (nSPS) is 36.1. The van der Waals surface area contributed by atoms with E-state index in [0.29, 0.717) is 11.3 Å². The third kappa shape index (κ3) is 1.87. The topological polar surface area (TPSA) is 12.0 Å². The standard InChI is InChI=1S/C16H22FN/c1-12-3-2-8-16(12)9-10-18-11-15(16)13-4-6-14(17)7-5-13/h4-7,12,15,18H,2-3,8-11H2,1H3. The number of halogens is 1. The van der Waals surface area contributed by atoms with E-state index in [1.54, 1.807) is 12.1 Å². The molecule has 1 spiro atoms. The Kier molecular flexibility index (Phi) is 3.14. The zero-order valence-corrected chi connectivity index (χ0v) is 11.1. The fourth-order valence-electron chi connectivity index (χ4n) is 4.25. The van der Waals surface area contributed by atoms with Crippen LogP contribution in [0.4, 0.5) is 4.39 Å². The molecule has 2 heteroatoms. The van der Waals surface area contributed by atoms with Crippen molar-refractivity contribution in [1.82, 2.24) is 5.32 Å². The molecule has 2 fully saturated rings. The monoisotopic (exact) mass is 247 g/mol. The summed E-state index contributed by atoms with van der Waals surface area (Å²) < 4.78 is 13.1. The quantitative estimate of drug-likeness (QED) is 0.797. The zero-order valence-electron chi connectivity index (χ0n) is 11.1. The maximum atomic E-state index is 13.1. The highest BCUT2D eigenvalue weighted by Crippen LogP contribution is 2.55. The zero-order chi connectivity index (χ0) is 12.6. The van der Waals surface area contributed by atoms with Crippen molar-refractivity contribution in [2.24, 2.45) is 11.3 Å². The average Bonchev–Trinajstić information content (AvgIpc) is 2.74. The summed E-state index contributed by atoms with van der Waals surface area (Å²) in [5, 5.41) is 3.53. The van der Waals surface area contributed by atoms with E-state index in [4.69, 9.17) is 0 Å². The summed E-state index contributed by atoms with van der Waals surface area (Å²) in [5.74, 6) is 1.23. The Balaban J connectivity index is 1.95. The third-order valence-corrected chi connectivity index (χ3v) is 5.34. The van der Waals surface area contributed by atoms with Gasteiger partial charge in [-0.15, -0.1) is 0 Å². The molecule has 1 aromatic rings. The molecule has 1 nitrogen and oxygen atoms in total. The SMILES string of the molecule is CC1CCCC12CCNCC2c1ccc(F)cc1. The second kappa shape index (κ2) is 4.65. The van der Waals surface area contributed by atoms with Gasteiger partial charge in [0.2, 0.25) is 0 Å². The van der Waals surface area contributed by atoms with Gasteiger partial charge in [-0.2, -0.15) is 0 Å². The van der Waals surface area contributed by atoms with Crippen molar-refractivity contribution in [2.75, 3.05) is 13.1 Å². The molecule has 3 unspecified atom stereocenters. The highest BCUT2D eigenvalue weighted by atomic mass is 19.1. The van der Waals surface area contributed by atoms with Crippen molar-refractivity contribution >= 4 is 0 Å². The summed E-state index contributed by atoms with van der Waals surface area (Å²) in [6, 6.07) is 7.19. The van der Waals surface area contributed by atoms with Gasteiger partial charge in [-0.25, -0.2) is 4.39 Å². The van der Waals surface area contributed by atoms with Crippen LogP contribution in [0.1, 0.15) is 44.1 Å². The van der Waals surface area contributed by atoms with Crippen molar-refractivity contribution < 1.29 is 4.39 Å². The lowest BCUT2D eigenvalue weighted by Crippen LogP contribution is -2.45. The number of hydrogen-bond acceptors (Lipinski definition) is 1. The lowest BCUT2D eigenvalue weighted by Gasteiger charge is -2.45. The molecular weight excluding hydrogens is 225 g/mol. The molecule has 1 aliphatic carbocycles. The molecule has 1 aliphatic heterocycles. The van der Waals surface area contributed by atoms with E-state index in [-0.39, 0.29) is 5.82 Å². The van der Waals surface area contributed by atoms with E-state index in [9.17, 15) is 4.39 Å². The van der Waals surface area contributed by atoms with E-state index in [1.807, 2.05) is 12.1 Å². The fraction of sp³-hybridized carbons (Fsp3) is 0.625. The van der Waals surface area contributed by atoms with Crippen molar-refractivity contribution in [3.8, 4) is 0 Å². The van der Waals surface area contributed by atoms with E-state index in [0.717, 1.165) is 19.0 Å². The average molecular weight is 247 g/mol. The van der Waals surface area contributed by atoms with Crippen LogP contribution in [-0.4, -0.2) is 13.1 Å². The molecule has 98 valence electrons. The summed E-state index contributed by atoms with van der Waals surface area (Å²) in [6.45, 7) is 4.60. The summed E-state index contributed by atoms with van der Waals surface area (Å²) in [5.41, 5.74) is 1.78. The first-order chi connectivity index (χ1) is 8.72. The first-order valence-electron chi connectivity index (χ1n) is 7.18. The van der Waals surface area contributed by atoms with E-state index in [2.05, 4.69) is 12.2 Å². The van der Waals surface area contributed by atoms with Gasteiger partial charge >= 0.3 is 0 Å². The van der Waals surface area contributed by atoms with Gasteiger partial charge in [-0.1, -0.05) is 31.9 Å². The molecule has 2 aliphatic rings. The van der Waals surface area contributed by atoms with Crippen LogP contribution < -0.4 is 5.32 Å². The summed E-state index contributed by atoms with van der Waals surface area (Å²) >= 11 is 0. The van der Waals surface area contributed by atoms with Crippen LogP contribution in [0.2, 0.25) is 0 Å². The molecule has 18 heavy (non-hydrogen) atoms. The van der Waals surface area contributed by atoms with Gasteiger partial charge in [0.05, 0.1) is 0 Å². The van der Waals surface area contributed by atoms with Crippen LogP contribution in [0, 0.1) is 17.2 Å². The molecule has 0 bridgehead atoms. The maximum Gasteiger partial charge on any atom is 0.123 e. The first kappa shape index (κ1) is 12.2. The molecule has 1 aromatic carbocycles. The Hall–Kier alpha value is -0.890. The number of piperidine rings is 1. The molecule has 1 heterocycles. The number of nitrogens with one attached hydrogen (secondary N) is 1.